The molecule has 0 saturated carbocycles. The first-order chi connectivity index (χ1) is 23.3. The molecule has 216 valence electrons. The van der Waals surface area contributed by atoms with Crippen molar-refractivity contribution < 1.29 is 8.83 Å². The van der Waals surface area contributed by atoms with Crippen molar-refractivity contribution in [3.05, 3.63) is 140 Å². The van der Waals surface area contributed by atoms with Gasteiger partial charge in [0.05, 0.1) is 11.4 Å². The molecule has 47 heavy (non-hydrogen) atoms. The molecule has 0 aliphatic carbocycles. The highest BCUT2D eigenvalue weighted by molar-refractivity contribution is 6.90. The summed E-state index contributed by atoms with van der Waals surface area (Å²) in [7, 11) is 0. The number of furan rings is 2. The second-order valence-electron chi connectivity index (χ2n) is 12.8. The lowest BCUT2D eigenvalue weighted by Gasteiger charge is -2.40. The molecular formula is C42H23BN2O2. The Morgan fingerprint density at radius 1 is 0.447 bits per heavy atom. The number of fused-ring (bicyclic) bond motifs is 14. The molecule has 0 spiro atoms. The molecule has 0 fully saturated rings. The lowest BCUT2D eigenvalue weighted by atomic mass is 9.45. The molecule has 12 rings (SSSR count). The summed E-state index contributed by atoms with van der Waals surface area (Å²) in [6.07, 6.45) is 0. The lowest BCUT2D eigenvalue weighted by Crippen LogP contribution is -2.56. The predicted octanol–water partition coefficient (Wildman–Crippen LogP) is 10.0. The van der Waals surface area contributed by atoms with Gasteiger partial charge in [0.1, 0.15) is 11.2 Å². The monoisotopic (exact) mass is 598 g/mol. The molecule has 0 saturated heterocycles. The Bertz CT molecular complexity index is 3000. The molecule has 5 heteroatoms. The summed E-state index contributed by atoms with van der Waals surface area (Å²) in [4.78, 5) is 2.41. The average Bonchev–Trinajstić information content (AvgIpc) is 3.80. The third-order valence-electron chi connectivity index (χ3n) is 10.6. The zero-order valence-corrected chi connectivity index (χ0v) is 25.1. The van der Waals surface area contributed by atoms with Crippen molar-refractivity contribution in [1.82, 2.24) is 4.48 Å². The van der Waals surface area contributed by atoms with Gasteiger partial charge in [-0.2, -0.15) is 0 Å². The average molecular weight is 598 g/mol. The van der Waals surface area contributed by atoms with Crippen LogP contribution < -0.4 is 15.8 Å². The van der Waals surface area contributed by atoms with Crippen LogP contribution in [0.2, 0.25) is 0 Å². The van der Waals surface area contributed by atoms with E-state index in [1.54, 1.807) is 0 Å². The number of aromatic nitrogens is 1. The van der Waals surface area contributed by atoms with Crippen LogP contribution in [0.3, 0.4) is 0 Å². The molecule has 2 aliphatic rings. The molecule has 0 radical (unpaired) electrons. The molecule has 0 amide bonds. The summed E-state index contributed by atoms with van der Waals surface area (Å²) in [5.41, 5.74) is 14.3. The van der Waals surface area contributed by atoms with Crippen LogP contribution in [0.25, 0.3) is 76.8 Å². The minimum Gasteiger partial charge on any atom is -0.454 e. The van der Waals surface area contributed by atoms with E-state index in [0.717, 1.165) is 60.9 Å². The van der Waals surface area contributed by atoms with Crippen LogP contribution >= 0.6 is 0 Å². The smallest absolute Gasteiger partial charge is 0.333 e. The first kappa shape index (κ1) is 24.1. The molecule has 5 heterocycles. The van der Waals surface area contributed by atoms with Crippen LogP contribution in [-0.4, -0.2) is 11.3 Å². The van der Waals surface area contributed by atoms with Crippen LogP contribution in [0.15, 0.2) is 148 Å². The quantitative estimate of drug-likeness (QED) is 0.176. The summed E-state index contributed by atoms with van der Waals surface area (Å²) >= 11 is 0. The fourth-order valence-electron chi connectivity index (χ4n) is 8.75. The highest BCUT2D eigenvalue weighted by Gasteiger charge is 2.44. The SMILES string of the molecule is c1cc2c3c(c1)N(c1cccc4c1oc1ccccc14)c1c(ccc4c1oc1ccccc14)B3n1c3ccccc3c3cccc-2c31. The van der Waals surface area contributed by atoms with Gasteiger partial charge < -0.3 is 18.2 Å². The van der Waals surface area contributed by atoms with Crippen LogP contribution in [0.1, 0.15) is 0 Å². The standard InChI is InChI=1S/C42H23BN2O2/c1-4-17-33-24(10-1)28-14-7-15-29-27-13-8-18-34-38(27)43(45(33)39(28)29)32-23-22-31-26-12-3-6-21-37(26)47-42(31)40(32)44(34)35-19-9-16-30-25-11-2-5-20-36(25)46-41(30)35/h1-23H. The summed E-state index contributed by atoms with van der Waals surface area (Å²) in [6, 6.07) is 50.2. The minimum atomic E-state index is -0.0442. The third-order valence-corrected chi connectivity index (χ3v) is 10.6. The topological polar surface area (TPSA) is 34.5 Å². The van der Waals surface area contributed by atoms with E-state index in [1.807, 2.05) is 12.1 Å². The number of hydrogen-bond acceptors (Lipinski definition) is 3. The molecule has 0 bridgehead atoms. The van der Waals surface area contributed by atoms with Crippen LogP contribution in [-0.2, 0) is 0 Å². The predicted molar refractivity (Wildman–Crippen MR) is 195 cm³/mol. The summed E-state index contributed by atoms with van der Waals surface area (Å²) < 4.78 is 16.1. The zero-order valence-electron chi connectivity index (χ0n) is 25.1. The van der Waals surface area contributed by atoms with Gasteiger partial charge in [-0.15, -0.1) is 0 Å². The van der Waals surface area contributed by atoms with Gasteiger partial charge in [0, 0.05) is 54.6 Å². The van der Waals surface area contributed by atoms with Gasteiger partial charge in [0.2, 0.25) is 0 Å². The zero-order chi connectivity index (χ0) is 30.4. The molecule has 3 aromatic heterocycles. The molecule has 0 unspecified atom stereocenters. The van der Waals surface area contributed by atoms with Gasteiger partial charge in [-0.05, 0) is 46.8 Å². The maximum absolute atomic E-state index is 6.86. The number of hydrogen-bond donors (Lipinski definition) is 0. The number of para-hydroxylation sites is 5. The van der Waals surface area contributed by atoms with Crippen LogP contribution in [0.4, 0.5) is 17.1 Å². The van der Waals surface area contributed by atoms with Gasteiger partial charge in [-0.25, -0.2) is 0 Å². The largest absolute Gasteiger partial charge is 0.454 e. The van der Waals surface area contributed by atoms with Gasteiger partial charge in [0.25, 0.3) is 0 Å². The number of nitrogens with zero attached hydrogens (tertiary/aromatic N) is 2. The van der Waals surface area contributed by atoms with Crippen molar-refractivity contribution in [3.63, 3.8) is 0 Å². The fourth-order valence-corrected chi connectivity index (χ4v) is 8.75. The molecule has 0 atom stereocenters. The molecule has 2 aliphatic heterocycles. The first-order valence-electron chi connectivity index (χ1n) is 16.1. The van der Waals surface area contributed by atoms with Crippen LogP contribution in [0, 0.1) is 0 Å². The molecule has 7 aromatic carbocycles. The highest BCUT2D eigenvalue weighted by Crippen LogP contribution is 2.49. The Balaban J connectivity index is 1.29. The van der Waals surface area contributed by atoms with Crippen molar-refractivity contribution >= 4 is 101 Å². The van der Waals surface area contributed by atoms with E-state index >= 15 is 0 Å². The second-order valence-corrected chi connectivity index (χ2v) is 12.8. The number of benzene rings is 7. The summed E-state index contributed by atoms with van der Waals surface area (Å²) in [5.74, 6) is 0. The highest BCUT2D eigenvalue weighted by atomic mass is 16.3. The minimum absolute atomic E-state index is 0.0442. The van der Waals surface area contributed by atoms with E-state index in [1.165, 1.54) is 43.9 Å². The summed E-state index contributed by atoms with van der Waals surface area (Å²) in [6.45, 7) is -0.0442. The Morgan fingerprint density at radius 2 is 1.06 bits per heavy atom. The van der Waals surface area contributed by atoms with Gasteiger partial charge in [-0.3, -0.25) is 0 Å². The van der Waals surface area contributed by atoms with Crippen molar-refractivity contribution in [2.24, 2.45) is 0 Å². The van der Waals surface area contributed by atoms with E-state index in [4.69, 9.17) is 8.83 Å². The van der Waals surface area contributed by atoms with Gasteiger partial charge in [0.15, 0.2) is 11.2 Å². The number of rotatable bonds is 1. The van der Waals surface area contributed by atoms with E-state index in [2.05, 4.69) is 137 Å². The van der Waals surface area contributed by atoms with Crippen molar-refractivity contribution in [2.45, 2.75) is 0 Å². The third kappa shape index (κ3) is 2.83. The Morgan fingerprint density at radius 3 is 1.91 bits per heavy atom. The molecule has 4 nitrogen and oxygen atoms in total. The summed E-state index contributed by atoms with van der Waals surface area (Å²) in [5, 5.41) is 7.02. The Labute approximate surface area is 268 Å². The molecule has 0 N–H and O–H groups in total. The number of anilines is 3. The van der Waals surface area contributed by atoms with Crippen molar-refractivity contribution in [3.8, 4) is 11.1 Å². The van der Waals surface area contributed by atoms with Gasteiger partial charge >= 0.3 is 6.85 Å². The second kappa shape index (κ2) is 8.33. The maximum atomic E-state index is 6.86. The molecule has 10 aromatic rings. The van der Waals surface area contributed by atoms with E-state index in [0.29, 0.717) is 0 Å². The van der Waals surface area contributed by atoms with Crippen molar-refractivity contribution in [1.29, 1.82) is 0 Å². The lowest BCUT2D eigenvalue weighted by molar-refractivity contribution is 0.666. The van der Waals surface area contributed by atoms with Crippen molar-refractivity contribution in [2.75, 3.05) is 4.90 Å². The fraction of sp³-hybridized carbons (Fsp3) is 0. The van der Waals surface area contributed by atoms with E-state index in [-0.39, 0.29) is 6.85 Å². The Kier molecular flexibility index (Phi) is 4.27. The normalized spacial score (nSPS) is 13.4. The molecular weight excluding hydrogens is 575 g/mol. The Hall–Kier alpha value is -6.20. The van der Waals surface area contributed by atoms with Gasteiger partial charge in [-0.1, -0.05) is 109 Å². The van der Waals surface area contributed by atoms with E-state index < -0.39 is 0 Å². The first-order valence-corrected chi connectivity index (χ1v) is 16.1. The maximum Gasteiger partial charge on any atom is 0.333 e. The van der Waals surface area contributed by atoms with E-state index in [9.17, 15) is 0 Å². The van der Waals surface area contributed by atoms with Crippen LogP contribution in [0.5, 0.6) is 0 Å².